The van der Waals surface area contributed by atoms with Crippen molar-refractivity contribution in [3.8, 4) is 5.75 Å². The summed E-state index contributed by atoms with van der Waals surface area (Å²) in [6.07, 6.45) is 3.51. The quantitative estimate of drug-likeness (QED) is 0.199. The standard InChI is InChI=1S/C19H30BrN3O3.HI/c1-3-21-19(22-9-5-10-25-14-16-6-4-11-26-16)23-13-15-7-8-18(24-2)17(20)12-15;/h7-8,12,16H,3-6,9-11,13-14H2,1-2H3,(H2,21,22,23);1H. The zero-order valence-electron chi connectivity index (χ0n) is 16.1. The highest BCUT2D eigenvalue weighted by Crippen LogP contribution is 2.25. The van der Waals surface area contributed by atoms with Crippen LogP contribution in [0.3, 0.4) is 0 Å². The Bertz CT molecular complexity index is 569. The molecule has 6 nitrogen and oxygen atoms in total. The second-order valence-corrected chi connectivity index (χ2v) is 7.01. The Kier molecular flexibility index (Phi) is 13.1. The van der Waals surface area contributed by atoms with Crippen LogP contribution < -0.4 is 15.4 Å². The van der Waals surface area contributed by atoms with Crippen molar-refractivity contribution in [2.45, 2.75) is 38.8 Å². The van der Waals surface area contributed by atoms with Gasteiger partial charge in [0.15, 0.2) is 5.96 Å². The predicted octanol–water partition coefficient (Wildman–Crippen LogP) is 3.72. The van der Waals surface area contributed by atoms with Crippen LogP contribution in [-0.2, 0) is 16.0 Å². The Morgan fingerprint density at radius 1 is 1.37 bits per heavy atom. The predicted molar refractivity (Wildman–Crippen MR) is 123 cm³/mol. The third kappa shape index (κ3) is 9.45. The molecule has 0 aromatic heterocycles. The lowest BCUT2D eigenvalue weighted by atomic mass is 10.2. The molecule has 1 saturated heterocycles. The van der Waals surface area contributed by atoms with E-state index in [2.05, 4.69) is 38.5 Å². The molecule has 1 aromatic rings. The number of halogens is 2. The number of hydrogen-bond acceptors (Lipinski definition) is 4. The summed E-state index contributed by atoms with van der Waals surface area (Å²) in [7, 11) is 1.66. The first-order chi connectivity index (χ1) is 12.7. The van der Waals surface area contributed by atoms with Gasteiger partial charge < -0.3 is 24.8 Å². The molecule has 154 valence electrons. The van der Waals surface area contributed by atoms with Crippen molar-refractivity contribution in [3.63, 3.8) is 0 Å². The van der Waals surface area contributed by atoms with Crippen molar-refractivity contribution in [1.82, 2.24) is 10.6 Å². The molecule has 0 radical (unpaired) electrons. The first-order valence-electron chi connectivity index (χ1n) is 9.27. The molecule has 8 heteroatoms. The summed E-state index contributed by atoms with van der Waals surface area (Å²) >= 11 is 3.51. The molecule has 0 spiro atoms. The van der Waals surface area contributed by atoms with Crippen LogP contribution in [0, 0.1) is 0 Å². The number of ether oxygens (including phenoxy) is 3. The van der Waals surface area contributed by atoms with Gasteiger partial charge >= 0.3 is 0 Å². The van der Waals surface area contributed by atoms with Crippen LogP contribution in [0.5, 0.6) is 5.75 Å². The van der Waals surface area contributed by atoms with E-state index in [1.165, 1.54) is 0 Å². The fourth-order valence-electron chi connectivity index (χ4n) is 2.69. The molecule has 1 atom stereocenters. The van der Waals surface area contributed by atoms with Gasteiger partial charge in [-0.2, -0.15) is 0 Å². The molecule has 2 N–H and O–H groups in total. The molecule has 0 bridgehead atoms. The highest BCUT2D eigenvalue weighted by molar-refractivity contribution is 14.0. The fourth-order valence-corrected chi connectivity index (χ4v) is 3.28. The molecule has 27 heavy (non-hydrogen) atoms. The summed E-state index contributed by atoms with van der Waals surface area (Å²) in [5.74, 6) is 1.64. The van der Waals surface area contributed by atoms with Gasteiger partial charge in [0.25, 0.3) is 0 Å². The van der Waals surface area contributed by atoms with Crippen LogP contribution >= 0.6 is 39.9 Å². The van der Waals surface area contributed by atoms with Crippen molar-refractivity contribution in [1.29, 1.82) is 0 Å². The first kappa shape index (κ1) is 24.5. The van der Waals surface area contributed by atoms with Crippen LogP contribution in [0.1, 0.15) is 31.7 Å². The largest absolute Gasteiger partial charge is 0.496 e. The molecule has 1 unspecified atom stereocenters. The normalized spacial score (nSPS) is 16.7. The van der Waals surface area contributed by atoms with Gasteiger partial charge in [-0.25, -0.2) is 4.99 Å². The highest BCUT2D eigenvalue weighted by Gasteiger charge is 2.14. The van der Waals surface area contributed by atoms with Crippen molar-refractivity contribution in [3.05, 3.63) is 28.2 Å². The van der Waals surface area contributed by atoms with Crippen LogP contribution in [0.2, 0.25) is 0 Å². The van der Waals surface area contributed by atoms with Gasteiger partial charge in [0.05, 0.1) is 30.8 Å². The number of hydrogen-bond donors (Lipinski definition) is 2. The van der Waals surface area contributed by atoms with Gasteiger partial charge in [0.1, 0.15) is 5.75 Å². The summed E-state index contributed by atoms with van der Waals surface area (Å²) in [6, 6.07) is 6.00. The minimum absolute atomic E-state index is 0. The molecule has 1 heterocycles. The van der Waals surface area contributed by atoms with Crippen molar-refractivity contribution >= 4 is 45.9 Å². The third-order valence-electron chi connectivity index (χ3n) is 4.07. The number of methoxy groups -OCH3 is 1. The van der Waals surface area contributed by atoms with Gasteiger partial charge in [-0.05, 0) is 59.8 Å². The van der Waals surface area contributed by atoms with E-state index in [9.17, 15) is 0 Å². The van der Waals surface area contributed by atoms with Gasteiger partial charge in [-0.3, -0.25) is 0 Å². The van der Waals surface area contributed by atoms with E-state index >= 15 is 0 Å². The van der Waals surface area contributed by atoms with E-state index in [0.717, 1.165) is 67.3 Å². The second-order valence-electron chi connectivity index (χ2n) is 6.15. The smallest absolute Gasteiger partial charge is 0.191 e. The Morgan fingerprint density at radius 2 is 2.22 bits per heavy atom. The minimum atomic E-state index is 0. The number of guanidine groups is 1. The van der Waals surface area contributed by atoms with E-state index in [1.807, 2.05) is 18.2 Å². The second kappa shape index (κ2) is 14.4. The lowest BCUT2D eigenvalue weighted by Crippen LogP contribution is -2.38. The molecule has 1 aliphatic heterocycles. The maximum Gasteiger partial charge on any atom is 0.191 e. The van der Waals surface area contributed by atoms with E-state index in [4.69, 9.17) is 14.2 Å². The van der Waals surface area contributed by atoms with Gasteiger partial charge in [-0.15, -0.1) is 24.0 Å². The molecule has 1 fully saturated rings. The van der Waals surface area contributed by atoms with Crippen LogP contribution in [-0.4, -0.2) is 52.1 Å². The van der Waals surface area contributed by atoms with Crippen LogP contribution in [0.25, 0.3) is 0 Å². The molecule has 0 saturated carbocycles. The molecule has 1 aromatic carbocycles. The topological polar surface area (TPSA) is 64.1 Å². The monoisotopic (exact) mass is 555 g/mol. The average molecular weight is 556 g/mol. The zero-order valence-corrected chi connectivity index (χ0v) is 20.0. The molecule has 1 aliphatic rings. The number of nitrogens with one attached hydrogen (secondary N) is 2. The number of benzene rings is 1. The Labute approximate surface area is 188 Å². The Morgan fingerprint density at radius 3 is 2.89 bits per heavy atom. The Hall–Kier alpha value is -0.580. The van der Waals surface area contributed by atoms with Crippen LogP contribution in [0.15, 0.2) is 27.7 Å². The molecule has 2 rings (SSSR count). The van der Waals surface area contributed by atoms with E-state index in [0.29, 0.717) is 19.3 Å². The first-order valence-corrected chi connectivity index (χ1v) is 10.1. The summed E-state index contributed by atoms with van der Waals surface area (Å²) in [5.41, 5.74) is 1.12. The van der Waals surface area contributed by atoms with E-state index in [1.54, 1.807) is 7.11 Å². The molecular weight excluding hydrogens is 525 g/mol. The Balaban J connectivity index is 0.00000364. The molecule has 0 amide bonds. The molecular formula is C19H31BrIN3O3. The summed E-state index contributed by atoms with van der Waals surface area (Å²) in [6.45, 7) is 6.64. The average Bonchev–Trinajstić information content (AvgIpc) is 3.16. The fraction of sp³-hybridized carbons (Fsp3) is 0.632. The van der Waals surface area contributed by atoms with Gasteiger partial charge in [0.2, 0.25) is 0 Å². The van der Waals surface area contributed by atoms with E-state index in [-0.39, 0.29) is 24.0 Å². The minimum Gasteiger partial charge on any atom is -0.496 e. The third-order valence-corrected chi connectivity index (χ3v) is 4.69. The maximum absolute atomic E-state index is 5.68. The maximum atomic E-state index is 5.68. The van der Waals surface area contributed by atoms with Crippen LogP contribution in [0.4, 0.5) is 0 Å². The zero-order chi connectivity index (χ0) is 18.6. The lowest BCUT2D eigenvalue weighted by Gasteiger charge is -2.13. The number of rotatable bonds is 10. The number of aliphatic imine (C=N–C) groups is 1. The summed E-state index contributed by atoms with van der Waals surface area (Å²) in [4.78, 5) is 4.63. The van der Waals surface area contributed by atoms with Crippen molar-refractivity contribution < 1.29 is 14.2 Å². The van der Waals surface area contributed by atoms with E-state index < -0.39 is 0 Å². The van der Waals surface area contributed by atoms with Crippen molar-refractivity contribution in [2.75, 3.05) is 40.0 Å². The molecule has 0 aliphatic carbocycles. The van der Waals surface area contributed by atoms with Crippen molar-refractivity contribution in [2.24, 2.45) is 4.99 Å². The SMILES string of the molecule is CCNC(=NCc1ccc(OC)c(Br)c1)NCCCOCC1CCCO1.I. The number of nitrogens with zero attached hydrogens (tertiary/aromatic N) is 1. The van der Waals surface area contributed by atoms with Gasteiger partial charge in [0, 0.05) is 26.3 Å². The summed E-state index contributed by atoms with van der Waals surface area (Å²) < 4.78 is 17.4. The van der Waals surface area contributed by atoms with Gasteiger partial charge in [-0.1, -0.05) is 6.07 Å². The summed E-state index contributed by atoms with van der Waals surface area (Å²) in [5, 5.41) is 6.62. The highest BCUT2D eigenvalue weighted by atomic mass is 127. The lowest BCUT2D eigenvalue weighted by molar-refractivity contribution is 0.0168.